The Bertz CT molecular complexity index is 1740. The van der Waals surface area contributed by atoms with E-state index in [0.717, 1.165) is 50.7 Å². The second kappa shape index (κ2) is 13.2. The maximum absolute atomic E-state index is 11.8. The number of hydrogen-bond donors (Lipinski definition) is 0. The van der Waals surface area contributed by atoms with Gasteiger partial charge in [0.25, 0.3) is 0 Å². The quantitative estimate of drug-likeness (QED) is 0.104. The molecule has 0 spiro atoms. The van der Waals surface area contributed by atoms with Crippen molar-refractivity contribution in [2.45, 2.75) is 66.0 Å². The SMILES string of the molecule is CN=Cc1cncc(COc2cc(OCc3cccc(-c4cccc(B5OC(C)(C)C(C)(C)O5)c4C)c3C)c(Cl)cc2C=O)c1. The van der Waals surface area contributed by atoms with Crippen LogP contribution >= 0.6 is 11.6 Å². The van der Waals surface area contributed by atoms with Crippen molar-refractivity contribution in [3.63, 3.8) is 0 Å². The third-order valence-corrected chi connectivity index (χ3v) is 8.98. The number of aromatic nitrogens is 1. The average Bonchev–Trinajstić information content (AvgIpc) is 3.22. The van der Waals surface area contributed by atoms with E-state index >= 15 is 0 Å². The molecular formula is C36H38BClN2O5. The highest BCUT2D eigenvalue weighted by Crippen LogP contribution is 2.38. The number of rotatable bonds is 10. The van der Waals surface area contributed by atoms with Crippen LogP contribution in [0.5, 0.6) is 11.5 Å². The van der Waals surface area contributed by atoms with Gasteiger partial charge in [0.15, 0.2) is 6.29 Å². The summed E-state index contributed by atoms with van der Waals surface area (Å²) < 4.78 is 25.0. The zero-order chi connectivity index (χ0) is 32.4. The van der Waals surface area contributed by atoms with Crippen molar-refractivity contribution in [1.29, 1.82) is 0 Å². The van der Waals surface area contributed by atoms with E-state index in [9.17, 15) is 4.79 Å². The molecule has 4 aromatic rings. The van der Waals surface area contributed by atoms with Crippen LogP contribution in [0, 0.1) is 13.8 Å². The highest BCUT2D eigenvalue weighted by atomic mass is 35.5. The Morgan fingerprint density at radius 3 is 2.24 bits per heavy atom. The first-order valence-corrected chi connectivity index (χ1v) is 15.3. The van der Waals surface area contributed by atoms with Crippen molar-refractivity contribution in [1.82, 2.24) is 4.98 Å². The summed E-state index contributed by atoms with van der Waals surface area (Å²) >= 11 is 6.54. The maximum Gasteiger partial charge on any atom is 0.495 e. The minimum absolute atomic E-state index is 0.214. The van der Waals surface area contributed by atoms with Crippen molar-refractivity contribution < 1.29 is 23.6 Å². The second-order valence-corrected chi connectivity index (χ2v) is 12.6. The van der Waals surface area contributed by atoms with E-state index in [0.29, 0.717) is 22.1 Å². The summed E-state index contributed by atoms with van der Waals surface area (Å²) in [6, 6.07) is 17.6. The molecular weight excluding hydrogens is 587 g/mol. The molecule has 5 rings (SSSR count). The lowest BCUT2D eigenvalue weighted by molar-refractivity contribution is 0.00578. The third kappa shape index (κ3) is 6.83. The molecule has 9 heteroatoms. The molecule has 2 heterocycles. The number of ether oxygens (including phenoxy) is 2. The van der Waals surface area contributed by atoms with Gasteiger partial charge in [-0.25, -0.2) is 0 Å². The highest BCUT2D eigenvalue weighted by molar-refractivity contribution is 6.62. The van der Waals surface area contributed by atoms with Crippen LogP contribution in [0.15, 0.2) is 72.0 Å². The van der Waals surface area contributed by atoms with E-state index in [1.807, 2.05) is 24.3 Å². The number of nitrogens with zero attached hydrogens (tertiary/aromatic N) is 2. The second-order valence-electron chi connectivity index (χ2n) is 12.2. The summed E-state index contributed by atoms with van der Waals surface area (Å²) in [6.07, 6.45) is 5.87. The van der Waals surface area contributed by atoms with Crippen molar-refractivity contribution in [3.8, 4) is 22.6 Å². The molecule has 45 heavy (non-hydrogen) atoms. The van der Waals surface area contributed by atoms with E-state index in [-0.39, 0.29) is 13.2 Å². The Balaban J connectivity index is 1.36. The number of aldehydes is 1. The van der Waals surface area contributed by atoms with Gasteiger partial charge in [0.2, 0.25) is 0 Å². The fraction of sp³-hybridized carbons (Fsp3) is 0.306. The predicted molar refractivity (Wildman–Crippen MR) is 180 cm³/mol. The molecule has 7 nitrogen and oxygen atoms in total. The van der Waals surface area contributed by atoms with E-state index in [1.54, 1.807) is 37.8 Å². The molecule has 1 aliphatic heterocycles. The normalized spacial score (nSPS) is 15.4. The molecule has 0 unspecified atom stereocenters. The van der Waals surface area contributed by atoms with Crippen LogP contribution in [0.1, 0.15) is 65.9 Å². The van der Waals surface area contributed by atoms with E-state index in [4.69, 9.17) is 30.4 Å². The van der Waals surface area contributed by atoms with Gasteiger partial charge < -0.3 is 18.8 Å². The van der Waals surface area contributed by atoms with Gasteiger partial charge in [-0.1, -0.05) is 48.0 Å². The Morgan fingerprint density at radius 2 is 1.56 bits per heavy atom. The molecule has 0 atom stereocenters. The largest absolute Gasteiger partial charge is 0.495 e. The maximum atomic E-state index is 11.8. The van der Waals surface area contributed by atoms with Crippen molar-refractivity contribution in [2.75, 3.05) is 7.05 Å². The summed E-state index contributed by atoms with van der Waals surface area (Å²) in [5.41, 5.74) is 7.62. The van der Waals surface area contributed by atoms with Crippen molar-refractivity contribution in [3.05, 3.63) is 105 Å². The molecule has 1 aromatic heterocycles. The first kappa shape index (κ1) is 32.4. The number of pyridine rings is 1. The summed E-state index contributed by atoms with van der Waals surface area (Å²) in [5.74, 6) is 0.797. The van der Waals surface area contributed by atoms with Crippen LogP contribution in [0.2, 0.25) is 5.02 Å². The van der Waals surface area contributed by atoms with Crippen molar-refractivity contribution >= 4 is 36.7 Å². The number of hydrogen-bond acceptors (Lipinski definition) is 7. The van der Waals surface area contributed by atoms with Gasteiger partial charge >= 0.3 is 7.12 Å². The van der Waals surface area contributed by atoms with Gasteiger partial charge in [0, 0.05) is 42.8 Å². The van der Waals surface area contributed by atoms with Gasteiger partial charge in [0.1, 0.15) is 24.7 Å². The Morgan fingerprint density at radius 1 is 0.889 bits per heavy atom. The first-order valence-electron chi connectivity index (χ1n) is 14.9. The molecule has 1 aliphatic rings. The summed E-state index contributed by atoms with van der Waals surface area (Å²) in [7, 11) is 1.26. The standard InChI is InChI=1S/C36H38BClN2O5/c1-23-27(10-8-11-29(23)30-12-9-13-31(24(30)2)37-44-35(3,4)36(5,6)45-37)22-43-34-16-33(28(20-41)15-32(34)38)42-21-26-14-25(17-39-7)18-40-19-26/h8-20H,21-22H2,1-7H3. The van der Waals surface area contributed by atoms with Crippen LogP contribution in [-0.4, -0.2) is 42.9 Å². The molecule has 1 saturated heterocycles. The number of halogens is 1. The molecule has 0 bridgehead atoms. The number of benzene rings is 3. The fourth-order valence-electron chi connectivity index (χ4n) is 5.30. The average molecular weight is 625 g/mol. The summed E-state index contributed by atoms with van der Waals surface area (Å²) in [6.45, 7) is 12.9. The first-order chi connectivity index (χ1) is 21.4. The predicted octanol–water partition coefficient (Wildman–Crippen LogP) is 7.34. The van der Waals surface area contributed by atoms with Gasteiger partial charge in [-0.05, 0) is 87.0 Å². The Labute approximate surface area is 270 Å². The monoisotopic (exact) mass is 624 g/mol. The van der Waals surface area contributed by atoms with E-state index in [1.165, 1.54) is 0 Å². The van der Waals surface area contributed by atoms with Crippen LogP contribution in [-0.2, 0) is 22.5 Å². The van der Waals surface area contributed by atoms with E-state index < -0.39 is 18.3 Å². The smallest absolute Gasteiger partial charge is 0.488 e. The number of aliphatic imine (C=N–C) groups is 1. The zero-order valence-electron chi connectivity index (χ0n) is 26.8. The van der Waals surface area contributed by atoms with Crippen LogP contribution in [0.25, 0.3) is 11.1 Å². The number of carbonyl (C=O) groups is 1. The molecule has 0 saturated carbocycles. The van der Waals surface area contributed by atoms with Crippen LogP contribution in [0.3, 0.4) is 0 Å². The summed E-state index contributed by atoms with van der Waals surface area (Å²) in [4.78, 5) is 20.1. The van der Waals surface area contributed by atoms with Crippen LogP contribution in [0.4, 0.5) is 0 Å². The molecule has 0 amide bonds. The Kier molecular flexibility index (Phi) is 9.49. The van der Waals surface area contributed by atoms with E-state index in [2.05, 4.69) is 69.7 Å². The molecule has 0 radical (unpaired) electrons. The minimum Gasteiger partial charge on any atom is -0.488 e. The molecule has 0 N–H and O–H groups in total. The zero-order valence-corrected chi connectivity index (χ0v) is 27.6. The van der Waals surface area contributed by atoms with Crippen molar-refractivity contribution in [2.24, 2.45) is 4.99 Å². The third-order valence-electron chi connectivity index (χ3n) is 8.68. The van der Waals surface area contributed by atoms with Gasteiger partial charge in [-0.3, -0.25) is 14.8 Å². The van der Waals surface area contributed by atoms with Gasteiger partial charge in [0.05, 0.1) is 21.8 Å². The molecule has 232 valence electrons. The summed E-state index contributed by atoms with van der Waals surface area (Å²) in [5, 5.41) is 0.326. The van der Waals surface area contributed by atoms with Gasteiger partial charge in [-0.2, -0.15) is 0 Å². The lowest BCUT2D eigenvalue weighted by Gasteiger charge is -2.32. The number of carbonyl (C=O) groups excluding carboxylic acids is 1. The lowest BCUT2D eigenvalue weighted by Crippen LogP contribution is -2.41. The molecule has 1 fully saturated rings. The molecule has 3 aromatic carbocycles. The Hall–Kier alpha value is -3.98. The highest BCUT2D eigenvalue weighted by Gasteiger charge is 2.52. The van der Waals surface area contributed by atoms with Crippen LogP contribution < -0.4 is 14.9 Å². The topological polar surface area (TPSA) is 79.2 Å². The van der Waals surface area contributed by atoms with Gasteiger partial charge in [-0.15, -0.1) is 0 Å². The minimum atomic E-state index is -0.444. The fourth-order valence-corrected chi connectivity index (χ4v) is 5.53. The lowest BCUT2D eigenvalue weighted by atomic mass is 9.74. The molecule has 0 aliphatic carbocycles.